The van der Waals surface area contributed by atoms with E-state index in [1.807, 2.05) is 6.92 Å². The van der Waals surface area contributed by atoms with E-state index in [9.17, 15) is 13.2 Å². The molecule has 0 aliphatic heterocycles. The maximum Gasteiger partial charge on any atom is 0.421 e. The van der Waals surface area contributed by atoms with Gasteiger partial charge in [-0.2, -0.15) is 0 Å². The number of benzene rings is 1. The van der Waals surface area contributed by atoms with E-state index in [1.54, 1.807) is 16.9 Å². The number of aryl methyl sites for hydroxylation is 1. The van der Waals surface area contributed by atoms with Crippen molar-refractivity contribution in [1.82, 2.24) is 4.72 Å². The zero-order valence-electron chi connectivity index (χ0n) is 9.64. The Bertz CT molecular complexity index is 551. The summed E-state index contributed by atoms with van der Waals surface area (Å²) >= 11 is 5.38. The zero-order valence-corrected chi connectivity index (χ0v) is 11.2. The number of ether oxygens (including phenoxy) is 1. The number of carbonyl (C=O) groups is 1. The number of sulfonamides is 1. The molecule has 0 aliphatic rings. The Morgan fingerprint density at radius 3 is 2.44 bits per heavy atom. The van der Waals surface area contributed by atoms with Crippen molar-refractivity contribution in [1.29, 1.82) is 0 Å². The lowest BCUT2D eigenvalue weighted by molar-refractivity contribution is 0.164. The molecule has 1 aromatic rings. The summed E-state index contributed by atoms with van der Waals surface area (Å²) in [5, 5.41) is 0.0953. The second-order valence-corrected chi connectivity index (χ2v) is 5.73. The zero-order chi connectivity index (χ0) is 13.8. The monoisotopic (exact) mass is 289 g/mol. The number of nitrogens with one attached hydrogen (secondary N) is 1. The van der Waals surface area contributed by atoms with E-state index >= 15 is 0 Å². The first kappa shape index (κ1) is 14.5. The van der Waals surface area contributed by atoms with Crippen LogP contribution in [0.4, 0.5) is 4.79 Å². The van der Waals surface area contributed by atoms with Crippen LogP contribution >= 0.6 is 11.6 Å². The van der Waals surface area contributed by atoms with E-state index in [0.29, 0.717) is 0 Å². The first-order valence-corrected chi connectivity index (χ1v) is 6.77. The Morgan fingerprint density at radius 2 is 1.94 bits per heavy atom. The molecule has 0 unspecified atom stereocenters. The van der Waals surface area contributed by atoms with E-state index in [0.717, 1.165) is 5.56 Å². The van der Waals surface area contributed by atoms with Gasteiger partial charge in [-0.15, -0.1) is 0 Å². The number of amides is 1. The fraction of sp³-hybridized carbons (Fsp3) is 0.182. The van der Waals surface area contributed by atoms with Gasteiger partial charge in [-0.25, -0.2) is 17.9 Å². The Labute approximate surface area is 110 Å². The van der Waals surface area contributed by atoms with Gasteiger partial charge in [0.2, 0.25) is 0 Å². The highest BCUT2D eigenvalue weighted by Crippen LogP contribution is 2.10. The molecular formula is C11H12ClNO4S. The third-order valence-corrected chi connectivity index (χ3v) is 3.35. The van der Waals surface area contributed by atoms with Gasteiger partial charge in [-0.05, 0) is 19.1 Å². The van der Waals surface area contributed by atoms with Crippen molar-refractivity contribution in [2.75, 3.05) is 6.61 Å². The molecule has 0 fully saturated rings. The van der Waals surface area contributed by atoms with Crippen LogP contribution in [0.3, 0.4) is 0 Å². The summed E-state index contributed by atoms with van der Waals surface area (Å²) in [6.07, 6.45) is -1.10. The van der Waals surface area contributed by atoms with Crippen LogP contribution in [0.2, 0.25) is 0 Å². The molecule has 5 nitrogen and oxygen atoms in total. The molecule has 1 amide bonds. The van der Waals surface area contributed by atoms with Crippen LogP contribution in [-0.2, 0) is 14.8 Å². The van der Waals surface area contributed by atoms with Crippen molar-refractivity contribution in [3.05, 3.63) is 41.4 Å². The number of carbonyl (C=O) groups excluding carboxylic acids is 1. The van der Waals surface area contributed by atoms with E-state index in [1.165, 1.54) is 12.1 Å². The number of hydrogen-bond acceptors (Lipinski definition) is 4. The van der Waals surface area contributed by atoms with Gasteiger partial charge < -0.3 is 4.74 Å². The van der Waals surface area contributed by atoms with Gasteiger partial charge in [-0.3, -0.25) is 0 Å². The third kappa shape index (κ3) is 4.38. The van der Waals surface area contributed by atoms with Crippen molar-refractivity contribution in [2.24, 2.45) is 0 Å². The smallest absolute Gasteiger partial charge is 0.421 e. The maximum absolute atomic E-state index is 11.7. The van der Waals surface area contributed by atoms with Crippen LogP contribution in [0.25, 0.3) is 0 Å². The largest absolute Gasteiger partial charge is 0.443 e. The van der Waals surface area contributed by atoms with E-state index in [4.69, 9.17) is 11.6 Å². The van der Waals surface area contributed by atoms with Gasteiger partial charge in [0.05, 0.1) is 4.90 Å². The minimum absolute atomic E-state index is 0.0187. The lowest BCUT2D eigenvalue weighted by Crippen LogP contribution is -2.31. The molecule has 0 spiro atoms. The molecule has 18 heavy (non-hydrogen) atoms. The first-order chi connectivity index (χ1) is 8.31. The van der Waals surface area contributed by atoms with Crippen LogP contribution in [0, 0.1) is 6.92 Å². The minimum Gasteiger partial charge on any atom is -0.443 e. The predicted molar refractivity (Wildman–Crippen MR) is 67.8 cm³/mol. The summed E-state index contributed by atoms with van der Waals surface area (Å²) in [5.74, 6) is 0. The molecule has 0 atom stereocenters. The van der Waals surface area contributed by atoms with Crippen LogP contribution in [0.15, 0.2) is 40.8 Å². The molecular weight excluding hydrogens is 278 g/mol. The number of rotatable bonds is 4. The topological polar surface area (TPSA) is 72.5 Å². The summed E-state index contributed by atoms with van der Waals surface area (Å²) in [6, 6.07) is 6.04. The summed E-state index contributed by atoms with van der Waals surface area (Å²) in [7, 11) is -3.92. The van der Waals surface area contributed by atoms with E-state index < -0.39 is 16.1 Å². The lowest BCUT2D eigenvalue weighted by Gasteiger charge is -2.07. The molecule has 1 rings (SSSR count). The fourth-order valence-electron chi connectivity index (χ4n) is 1.06. The average molecular weight is 290 g/mol. The molecule has 0 aliphatic carbocycles. The van der Waals surface area contributed by atoms with E-state index in [-0.39, 0.29) is 16.5 Å². The van der Waals surface area contributed by atoms with Crippen LogP contribution in [-0.4, -0.2) is 21.1 Å². The Kier molecular flexibility index (Phi) is 4.75. The molecule has 0 saturated heterocycles. The van der Waals surface area contributed by atoms with Gasteiger partial charge in [0.15, 0.2) is 0 Å². The lowest BCUT2D eigenvalue weighted by atomic mass is 10.2. The molecule has 1 N–H and O–H groups in total. The van der Waals surface area contributed by atoms with Gasteiger partial charge >= 0.3 is 6.09 Å². The van der Waals surface area contributed by atoms with Crippen LogP contribution in [0.5, 0.6) is 0 Å². The molecule has 98 valence electrons. The third-order valence-electron chi connectivity index (χ3n) is 1.91. The van der Waals surface area contributed by atoms with Crippen molar-refractivity contribution >= 4 is 27.7 Å². The minimum atomic E-state index is -3.92. The van der Waals surface area contributed by atoms with E-state index in [2.05, 4.69) is 11.3 Å². The normalized spacial score (nSPS) is 10.8. The highest BCUT2D eigenvalue weighted by molar-refractivity contribution is 7.90. The molecule has 0 saturated carbocycles. The van der Waals surface area contributed by atoms with Gasteiger partial charge in [-0.1, -0.05) is 35.9 Å². The van der Waals surface area contributed by atoms with Crippen molar-refractivity contribution < 1.29 is 17.9 Å². The quantitative estimate of drug-likeness (QED) is 0.922. The van der Waals surface area contributed by atoms with Crippen LogP contribution in [0.1, 0.15) is 5.56 Å². The maximum atomic E-state index is 11.7. The number of halogens is 1. The predicted octanol–water partition coefficient (Wildman–Crippen LogP) is 2.16. The summed E-state index contributed by atoms with van der Waals surface area (Å²) in [4.78, 5) is 11.2. The van der Waals surface area contributed by atoms with Gasteiger partial charge in [0.1, 0.15) is 6.61 Å². The Hall–Kier alpha value is -1.53. The SMILES string of the molecule is C=C(Cl)COC(=O)NS(=O)(=O)c1ccc(C)cc1. The average Bonchev–Trinajstić information content (AvgIpc) is 2.26. The molecule has 0 heterocycles. The fourth-order valence-corrected chi connectivity index (χ4v) is 2.00. The summed E-state index contributed by atoms with van der Waals surface area (Å²) < 4.78 is 29.7. The highest BCUT2D eigenvalue weighted by atomic mass is 35.5. The van der Waals surface area contributed by atoms with Gasteiger partial charge in [0.25, 0.3) is 10.0 Å². The Balaban J connectivity index is 2.73. The molecule has 0 aromatic heterocycles. The Morgan fingerprint density at radius 1 is 1.39 bits per heavy atom. The second kappa shape index (κ2) is 5.88. The molecule has 0 radical (unpaired) electrons. The number of hydrogen-bond donors (Lipinski definition) is 1. The summed E-state index contributed by atoms with van der Waals surface area (Å²) in [5.41, 5.74) is 0.912. The van der Waals surface area contributed by atoms with Crippen molar-refractivity contribution in [2.45, 2.75) is 11.8 Å². The van der Waals surface area contributed by atoms with Crippen LogP contribution < -0.4 is 4.72 Å². The molecule has 0 bridgehead atoms. The highest BCUT2D eigenvalue weighted by Gasteiger charge is 2.18. The van der Waals surface area contributed by atoms with Crippen molar-refractivity contribution in [3.63, 3.8) is 0 Å². The van der Waals surface area contributed by atoms with Gasteiger partial charge in [0, 0.05) is 5.03 Å². The second-order valence-electron chi connectivity index (χ2n) is 3.51. The summed E-state index contributed by atoms with van der Waals surface area (Å²) in [6.45, 7) is 4.87. The van der Waals surface area contributed by atoms with Crippen molar-refractivity contribution in [3.8, 4) is 0 Å². The molecule has 1 aromatic carbocycles. The first-order valence-electron chi connectivity index (χ1n) is 4.91. The standard InChI is InChI=1S/C11H12ClNO4S/c1-8-3-5-10(6-4-8)18(15,16)13-11(14)17-7-9(2)12/h3-6H,2,7H2,1H3,(H,13,14). The molecule has 7 heteroatoms.